The number of hydrogen-bond acceptors (Lipinski definition) is 4. The van der Waals surface area contributed by atoms with Gasteiger partial charge >= 0.3 is 0 Å². The minimum atomic E-state index is -0.227. The first-order chi connectivity index (χ1) is 11.1. The topological polar surface area (TPSA) is 59.8 Å². The van der Waals surface area contributed by atoms with Gasteiger partial charge in [0.25, 0.3) is 0 Å². The molecule has 7 heteroatoms. The van der Waals surface area contributed by atoms with Crippen molar-refractivity contribution in [3.8, 4) is 0 Å². The molecular weight excluding hydrogens is 376 g/mol. The molecule has 0 aliphatic carbocycles. The summed E-state index contributed by atoms with van der Waals surface area (Å²) in [5, 5.41) is 12.1. The van der Waals surface area contributed by atoms with Crippen LogP contribution in [0.4, 0.5) is 5.69 Å². The first kappa shape index (κ1) is 16.5. The third kappa shape index (κ3) is 4.14. The van der Waals surface area contributed by atoms with Crippen LogP contribution in [-0.4, -0.2) is 25.9 Å². The van der Waals surface area contributed by atoms with Crippen molar-refractivity contribution in [3.05, 3.63) is 34.6 Å². The molecule has 23 heavy (non-hydrogen) atoms. The fraction of sp³-hybridized carbons (Fsp3) is 0.438. The Balaban J connectivity index is 1.64. The van der Waals surface area contributed by atoms with E-state index in [9.17, 15) is 4.79 Å². The molecule has 5 nitrogen and oxygen atoms in total. The second-order valence-electron chi connectivity index (χ2n) is 5.62. The van der Waals surface area contributed by atoms with Crippen LogP contribution in [0.1, 0.15) is 32.0 Å². The lowest BCUT2D eigenvalue weighted by molar-refractivity contribution is -0.115. The molecule has 0 fully saturated rings. The SMILES string of the molecule is CC(Sc1nnc2n1CCCCC2)C(=O)Nc1ccc(Br)cc1. The molecule has 1 aliphatic heterocycles. The number of fused-ring (bicyclic) bond motifs is 1. The van der Waals surface area contributed by atoms with Crippen molar-refractivity contribution in [1.29, 1.82) is 0 Å². The molecule has 1 amide bonds. The van der Waals surface area contributed by atoms with Gasteiger partial charge in [0.15, 0.2) is 5.16 Å². The number of anilines is 1. The van der Waals surface area contributed by atoms with E-state index in [-0.39, 0.29) is 11.2 Å². The van der Waals surface area contributed by atoms with E-state index in [0.29, 0.717) is 0 Å². The van der Waals surface area contributed by atoms with Crippen LogP contribution in [0.3, 0.4) is 0 Å². The highest BCUT2D eigenvalue weighted by atomic mass is 79.9. The van der Waals surface area contributed by atoms with E-state index in [0.717, 1.165) is 40.5 Å². The van der Waals surface area contributed by atoms with Crippen molar-refractivity contribution in [3.63, 3.8) is 0 Å². The lowest BCUT2D eigenvalue weighted by Crippen LogP contribution is -2.23. The van der Waals surface area contributed by atoms with Crippen LogP contribution in [0, 0.1) is 0 Å². The molecule has 1 aliphatic rings. The summed E-state index contributed by atoms with van der Waals surface area (Å²) in [4.78, 5) is 12.4. The van der Waals surface area contributed by atoms with E-state index in [4.69, 9.17) is 0 Å². The summed E-state index contributed by atoms with van der Waals surface area (Å²) in [7, 11) is 0. The van der Waals surface area contributed by atoms with Gasteiger partial charge in [-0.1, -0.05) is 34.1 Å². The Morgan fingerprint density at radius 3 is 2.83 bits per heavy atom. The van der Waals surface area contributed by atoms with Gasteiger partial charge < -0.3 is 9.88 Å². The van der Waals surface area contributed by atoms with Crippen molar-refractivity contribution in [1.82, 2.24) is 14.8 Å². The van der Waals surface area contributed by atoms with Crippen LogP contribution in [0.2, 0.25) is 0 Å². The summed E-state index contributed by atoms with van der Waals surface area (Å²) in [6, 6.07) is 7.57. The Labute approximate surface area is 148 Å². The zero-order chi connectivity index (χ0) is 16.2. The summed E-state index contributed by atoms with van der Waals surface area (Å²) >= 11 is 4.86. The average Bonchev–Trinajstić information content (AvgIpc) is 2.77. The Bertz CT molecular complexity index is 686. The van der Waals surface area contributed by atoms with Crippen LogP contribution >= 0.6 is 27.7 Å². The fourth-order valence-electron chi connectivity index (χ4n) is 2.53. The van der Waals surface area contributed by atoms with E-state index in [1.54, 1.807) is 0 Å². The number of aryl methyl sites for hydroxylation is 1. The maximum absolute atomic E-state index is 12.4. The van der Waals surface area contributed by atoms with Gasteiger partial charge in [0, 0.05) is 23.1 Å². The molecule has 1 atom stereocenters. The molecule has 2 aromatic rings. The normalized spacial score (nSPS) is 15.6. The minimum Gasteiger partial charge on any atom is -0.325 e. The molecule has 0 radical (unpaired) electrons. The van der Waals surface area contributed by atoms with E-state index < -0.39 is 0 Å². The van der Waals surface area contributed by atoms with E-state index in [1.165, 1.54) is 24.6 Å². The molecule has 1 N–H and O–H groups in total. The van der Waals surface area contributed by atoms with Gasteiger partial charge in [0.2, 0.25) is 5.91 Å². The summed E-state index contributed by atoms with van der Waals surface area (Å²) in [5.41, 5.74) is 0.797. The highest BCUT2D eigenvalue weighted by Gasteiger charge is 2.21. The number of carbonyl (C=O) groups excluding carboxylic acids is 1. The molecule has 0 saturated heterocycles. The first-order valence-corrected chi connectivity index (χ1v) is 9.46. The van der Waals surface area contributed by atoms with Crippen molar-refractivity contribution >= 4 is 39.3 Å². The quantitative estimate of drug-likeness (QED) is 0.799. The summed E-state index contributed by atoms with van der Waals surface area (Å²) in [6.07, 6.45) is 4.53. The fourth-order valence-corrected chi connectivity index (χ4v) is 3.69. The highest BCUT2D eigenvalue weighted by molar-refractivity contribution is 9.10. The van der Waals surface area contributed by atoms with Gasteiger partial charge in [0.05, 0.1) is 5.25 Å². The maximum atomic E-state index is 12.4. The molecule has 0 bridgehead atoms. The Kier molecular flexibility index (Phi) is 5.38. The van der Waals surface area contributed by atoms with Gasteiger partial charge in [0.1, 0.15) is 5.82 Å². The lowest BCUT2D eigenvalue weighted by Gasteiger charge is -2.12. The van der Waals surface area contributed by atoms with Crippen LogP contribution in [0.25, 0.3) is 0 Å². The van der Waals surface area contributed by atoms with Gasteiger partial charge in [-0.25, -0.2) is 0 Å². The summed E-state index contributed by atoms with van der Waals surface area (Å²) < 4.78 is 3.16. The van der Waals surface area contributed by atoms with Gasteiger partial charge in [-0.15, -0.1) is 10.2 Å². The number of aromatic nitrogens is 3. The predicted molar refractivity (Wildman–Crippen MR) is 95.7 cm³/mol. The zero-order valence-electron chi connectivity index (χ0n) is 13.0. The zero-order valence-corrected chi connectivity index (χ0v) is 15.4. The number of amides is 1. The first-order valence-electron chi connectivity index (χ1n) is 7.78. The second kappa shape index (κ2) is 7.49. The largest absolute Gasteiger partial charge is 0.325 e. The predicted octanol–water partition coefficient (Wildman–Crippen LogP) is 3.89. The molecule has 1 aromatic heterocycles. The number of nitrogens with zero attached hydrogens (tertiary/aromatic N) is 3. The number of halogens is 1. The van der Waals surface area contributed by atoms with E-state index >= 15 is 0 Å². The third-order valence-corrected chi connectivity index (χ3v) is 5.45. The molecular formula is C16H19BrN4OS. The number of nitrogens with one attached hydrogen (secondary N) is 1. The number of benzene rings is 1. The number of thioether (sulfide) groups is 1. The average molecular weight is 395 g/mol. The van der Waals surface area contributed by atoms with Crippen LogP contribution in [-0.2, 0) is 17.8 Å². The lowest BCUT2D eigenvalue weighted by atomic mass is 10.2. The van der Waals surface area contributed by atoms with Crippen molar-refractivity contribution < 1.29 is 4.79 Å². The van der Waals surface area contributed by atoms with Gasteiger partial charge in [-0.3, -0.25) is 4.79 Å². The van der Waals surface area contributed by atoms with Gasteiger partial charge in [-0.2, -0.15) is 0 Å². The molecule has 0 spiro atoms. The number of carbonyl (C=O) groups is 1. The molecule has 0 saturated carbocycles. The van der Waals surface area contributed by atoms with Crippen LogP contribution < -0.4 is 5.32 Å². The van der Waals surface area contributed by atoms with Crippen molar-refractivity contribution in [2.24, 2.45) is 0 Å². The number of rotatable bonds is 4. The smallest absolute Gasteiger partial charge is 0.237 e. The van der Waals surface area contributed by atoms with E-state index in [2.05, 4.69) is 36.0 Å². The minimum absolute atomic E-state index is 0.0247. The molecule has 3 rings (SSSR count). The Hall–Kier alpha value is -1.34. The highest BCUT2D eigenvalue weighted by Crippen LogP contribution is 2.26. The molecule has 1 aromatic carbocycles. The maximum Gasteiger partial charge on any atom is 0.237 e. The second-order valence-corrected chi connectivity index (χ2v) is 7.84. The van der Waals surface area contributed by atoms with Crippen molar-refractivity contribution in [2.45, 2.75) is 49.6 Å². The Morgan fingerprint density at radius 1 is 1.26 bits per heavy atom. The standard InChI is InChI=1S/C16H19BrN4OS/c1-11(15(22)18-13-8-6-12(17)7-9-13)23-16-20-19-14-5-3-2-4-10-21(14)16/h6-9,11H,2-5,10H2,1H3,(H,18,22). The summed E-state index contributed by atoms with van der Waals surface area (Å²) in [6.45, 7) is 2.85. The van der Waals surface area contributed by atoms with Crippen molar-refractivity contribution in [2.75, 3.05) is 5.32 Å². The molecule has 122 valence electrons. The van der Waals surface area contributed by atoms with E-state index in [1.807, 2.05) is 31.2 Å². The monoisotopic (exact) mass is 394 g/mol. The summed E-state index contributed by atoms with van der Waals surface area (Å²) in [5.74, 6) is 1.02. The molecule has 2 heterocycles. The third-order valence-electron chi connectivity index (χ3n) is 3.84. The van der Waals surface area contributed by atoms with Crippen LogP contribution in [0.15, 0.2) is 33.9 Å². The van der Waals surface area contributed by atoms with Crippen LogP contribution in [0.5, 0.6) is 0 Å². The number of hydrogen-bond donors (Lipinski definition) is 1. The molecule has 1 unspecified atom stereocenters. The Morgan fingerprint density at radius 2 is 2.04 bits per heavy atom. The van der Waals surface area contributed by atoms with Gasteiger partial charge in [-0.05, 0) is 44.0 Å².